The highest BCUT2D eigenvalue weighted by molar-refractivity contribution is 7.16. The van der Waals surface area contributed by atoms with E-state index in [1.165, 1.54) is 36.1 Å². The molecule has 1 aromatic heterocycles. The predicted octanol–water partition coefficient (Wildman–Crippen LogP) is 2.74. The van der Waals surface area contributed by atoms with Crippen LogP contribution in [0.4, 0.5) is 5.00 Å². The van der Waals surface area contributed by atoms with Gasteiger partial charge >= 0.3 is 0 Å². The van der Waals surface area contributed by atoms with Gasteiger partial charge in [-0.25, -0.2) is 0 Å². The molecule has 0 unspecified atom stereocenters. The van der Waals surface area contributed by atoms with Gasteiger partial charge in [0.05, 0.1) is 10.6 Å². The molecule has 0 aromatic carbocycles. The van der Waals surface area contributed by atoms with Crippen LogP contribution in [0.2, 0.25) is 0 Å². The van der Waals surface area contributed by atoms with Gasteiger partial charge in [-0.2, -0.15) is 0 Å². The highest BCUT2D eigenvalue weighted by Gasteiger charge is 2.22. The van der Waals surface area contributed by atoms with Gasteiger partial charge in [0.2, 0.25) is 0 Å². The lowest BCUT2D eigenvalue weighted by atomic mass is 9.96. The van der Waals surface area contributed by atoms with Crippen LogP contribution in [-0.2, 0) is 12.8 Å². The Balaban J connectivity index is 2.34. The van der Waals surface area contributed by atoms with Crippen LogP contribution in [0, 0.1) is 0 Å². The number of thiophene rings is 1. The van der Waals surface area contributed by atoms with Crippen molar-refractivity contribution in [2.75, 3.05) is 12.3 Å². The molecular weight excluding hydrogens is 232 g/mol. The lowest BCUT2D eigenvalue weighted by molar-refractivity contribution is 0.0956. The Morgan fingerprint density at radius 1 is 1.29 bits per heavy atom. The second kappa shape index (κ2) is 5.54. The summed E-state index contributed by atoms with van der Waals surface area (Å²) in [5.74, 6) is 0.00285. The fraction of sp³-hybridized carbons (Fsp3) is 0.615. The van der Waals surface area contributed by atoms with E-state index in [-0.39, 0.29) is 5.91 Å². The first-order valence-electron chi connectivity index (χ1n) is 6.42. The number of hydrogen-bond acceptors (Lipinski definition) is 3. The SMILES string of the molecule is CCNC(=O)c1c(N)sc2c1CCCCCC2. The van der Waals surface area contributed by atoms with Gasteiger partial charge in [0, 0.05) is 11.4 Å². The van der Waals surface area contributed by atoms with Crippen LogP contribution >= 0.6 is 11.3 Å². The van der Waals surface area contributed by atoms with Crippen molar-refractivity contribution in [3.05, 3.63) is 16.0 Å². The van der Waals surface area contributed by atoms with E-state index in [0.29, 0.717) is 11.5 Å². The molecule has 0 saturated heterocycles. The summed E-state index contributed by atoms with van der Waals surface area (Å²) in [5, 5.41) is 3.56. The molecule has 0 bridgehead atoms. The number of anilines is 1. The minimum atomic E-state index is 0.00285. The monoisotopic (exact) mass is 252 g/mol. The number of carbonyl (C=O) groups excluding carboxylic acids is 1. The first-order valence-corrected chi connectivity index (χ1v) is 7.24. The number of carbonyl (C=O) groups is 1. The van der Waals surface area contributed by atoms with E-state index in [0.717, 1.165) is 18.4 Å². The average Bonchev–Trinajstić information content (AvgIpc) is 2.55. The van der Waals surface area contributed by atoms with Crippen LogP contribution in [-0.4, -0.2) is 12.5 Å². The molecule has 17 heavy (non-hydrogen) atoms. The van der Waals surface area contributed by atoms with E-state index in [1.54, 1.807) is 11.3 Å². The molecule has 0 fully saturated rings. The van der Waals surface area contributed by atoms with Gasteiger partial charge in [-0.15, -0.1) is 11.3 Å². The van der Waals surface area contributed by atoms with E-state index in [4.69, 9.17) is 5.73 Å². The van der Waals surface area contributed by atoms with Gasteiger partial charge in [-0.1, -0.05) is 12.8 Å². The Hall–Kier alpha value is -1.03. The van der Waals surface area contributed by atoms with E-state index >= 15 is 0 Å². The second-order valence-electron chi connectivity index (χ2n) is 4.52. The standard InChI is InChI=1S/C13H20N2OS/c1-2-15-13(16)11-9-7-5-3-4-6-8-10(9)17-12(11)14/h2-8,14H2,1H3,(H,15,16). The molecule has 0 saturated carbocycles. The Labute approximate surface area is 106 Å². The maximum atomic E-state index is 12.0. The quantitative estimate of drug-likeness (QED) is 0.850. The Kier molecular flexibility index (Phi) is 4.05. The van der Waals surface area contributed by atoms with Crippen LogP contribution in [0.5, 0.6) is 0 Å². The molecule has 94 valence electrons. The number of amides is 1. The van der Waals surface area contributed by atoms with Gasteiger partial charge in [-0.3, -0.25) is 4.79 Å². The summed E-state index contributed by atoms with van der Waals surface area (Å²) in [6.45, 7) is 2.59. The third-order valence-corrected chi connectivity index (χ3v) is 4.38. The summed E-state index contributed by atoms with van der Waals surface area (Å²) < 4.78 is 0. The minimum absolute atomic E-state index is 0.00285. The first-order chi connectivity index (χ1) is 8.24. The van der Waals surface area contributed by atoms with Crippen LogP contribution in [0.15, 0.2) is 0 Å². The molecule has 0 radical (unpaired) electrons. The Bertz CT molecular complexity index is 412. The number of rotatable bonds is 2. The molecule has 0 spiro atoms. The zero-order chi connectivity index (χ0) is 12.3. The number of nitrogens with one attached hydrogen (secondary N) is 1. The summed E-state index contributed by atoms with van der Waals surface area (Å²) in [6.07, 6.45) is 7.06. The Morgan fingerprint density at radius 3 is 2.71 bits per heavy atom. The van der Waals surface area contributed by atoms with Crippen LogP contribution in [0.25, 0.3) is 0 Å². The third-order valence-electron chi connectivity index (χ3n) is 3.26. The molecule has 1 aliphatic rings. The summed E-state index contributed by atoms with van der Waals surface area (Å²) in [6, 6.07) is 0. The summed E-state index contributed by atoms with van der Waals surface area (Å²) in [5.41, 5.74) is 7.99. The lowest BCUT2D eigenvalue weighted by Gasteiger charge is -2.11. The zero-order valence-corrected chi connectivity index (χ0v) is 11.2. The van der Waals surface area contributed by atoms with Gasteiger partial charge in [0.25, 0.3) is 5.91 Å². The number of nitrogen functional groups attached to an aromatic ring is 1. The number of fused-ring (bicyclic) bond motifs is 1. The van der Waals surface area contributed by atoms with Crippen molar-refractivity contribution < 1.29 is 4.79 Å². The molecule has 2 rings (SSSR count). The summed E-state index contributed by atoms with van der Waals surface area (Å²) in [4.78, 5) is 13.3. The topological polar surface area (TPSA) is 55.1 Å². The van der Waals surface area contributed by atoms with Gasteiger partial charge in [0.1, 0.15) is 0 Å². The zero-order valence-electron chi connectivity index (χ0n) is 10.3. The molecule has 1 heterocycles. The molecular formula is C13H20N2OS. The third kappa shape index (κ3) is 2.63. The molecule has 4 heteroatoms. The molecule has 1 amide bonds. The van der Waals surface area contributed by atoms with E-state index < -0.39 is 0 Å². The van der Waals surface area contributed by atoms with Crippen LogP contribution in [0.3, 0.4) is 0 Å². The number of nitrogens with two attached hydrogens (primary N) is 1. The van der Waals surface area contributed by atoms with Gasteiger partial charge in [0.15, 0.2) is 0 Å². The maximum absolute atomic E-state index is 12.0. The number of aryl methyl sites for hydroxylation is 1. The molecule has 3 N–H and O–H groups in total. The Morgan fingerprint density at radius 2 is 2.00 bits per heavy atom. The van der Waals surface area contributed by atoms with E-state index in [1.807, 2.05) is 6.92 Å². The number of hydrogen-bond donors (Lipinski definition) is 2. The first kappa shape index (κ1) is 12.4. The van der Waals surface area contributed by atoms with Crippen molar-refractivity contribution in [3.8, 4) is 0 Å². The van der Waals surface area contributed by atoms with Crippen molar-refractivity contribution in [1.29, 1.82) is 0 Å². The summed E-state index contributed by atoms with van der Waals surface area (Å²) in [7, 11) is 0. The van der Waals surface area contributed by atoms with Crippen LogP contribution < -0.4 is 11.1 Å². The van der Waals surface area contributed by atoms with Gasteiger partial charge < -0.3 is 11.1 Å². The molecule has 1 aliphatic carbocycles. The van der Waals surface area contributed by atoms with E-state index in [9.17, 15) is 4.79 Å². The van der Waals surface area contributed by atoms with Crippen molar-refractivity contribution in [2.45, 2.75) is 45.4 Å². The van der Waals surface area contributed by atoms with Gasteiger partial charge in [-0.05, 0) is 38.2 Å². The predicted molar refractivity (Wildman–Crippen MR) is 72.6 cm³/mol. The highest BCUT2D eigenvalue weighted by Crippen LogP contribution is 2.34. The summed E-state index contributed by atoms with van der Waals surface area (Å²) >= 11 is 1.61. The normalized spacial score (nSPS) is 15.8. The maximum Gasteiger partial charge on any atom is 0.254 e. The van der Waals surface area contributed by atoms with Crippen molar-refractivity contribution in [3.63, 3.8) is 0 Å². The smallest absolute Gasteiger partial charge is 0.254 e. The van der Waals surface area contributed by atoms with Crippen molar-refractivity contribution >= 4 is 22.2 Å². The van der Waals surface area contributed by atoms with Crippen LogP contribution in [0.1, 0.15) is 53.4 Å². The highest BCUT2D eigenvalue weighted by atomic mass is 32.1. The van der Waals surface area contributed by atoms with E-state index in [2.05, 4.69) is 5.32 Å². The van der Waals surface area contributed by atoms with Crippen molar-refractivity contribution in [2.24, 2.45) is 0 Å². The fourth-order valence-electron chi connectivity index (χ4n) is 2.44. The molecule has 1 aromatic rings. The fourth-order valence-corrected chi connectivity index (χ4v) is 3.60. The second-order valence-corrected chi connectivity index (χ2v) is 5.65. The lowest BCUT2D eigenvalue weighted by Crippen LogP contribution is -2.24. The average molecular weight is 252 g/mol. The minimum Gasteiger partial charge on any atom is -0.390 e. The molecule has 0 atom stereocenters. The largest absolute Gasteiger partial charge is 0.390 e. The molecule has 0 aliphatic heterocycles. The molecule has 3 nitrogen and oxygen atoms in total. The van der Waals surface area contributed by atoms with Crippen molar-refractivity contribution in [1.82, 2.24) is 5.32 Å².